The van der Waals surface area contributed by atoms with Gasteiger partial charge in [0.2, 0.25) is 5.82 Å². The Bertz CT molecular complexity index is 427. The maximum Gasteiger partial charge on any atom is 0.451 e. The summed E-state index contributed by atoms with van der Waals surface area (Å²) in [6.45, 7) is 0. The van der Waals surface area contributed by atoms with Crippen molar-refractivity contribution < 1.29 is 13.2 Å². The molecule has 0 saturated heterocycles. The largest absolute Gasteiger partial charge is 0.451 e. The lowest BCUT2D eigenvalue weighted by Gasteiger charge is -2.23. The Balaban J connectivity index is 2.19. The predicted molar refractivity (Wildman–Crippen MR) is 67.1 cm³/mol. The molecule has 1 aromatic heterocycles. The van der Waals surface area contributed by atoms with E-state index in [2.05, 4.69) is 20.6 Å². The zero-order valence-electron chi connectivity index (χ0n) is 10.7. The normalized spacial score (nSPS) is 17.3. The molecule has 1 saturated carbocycles. The summed E-state index contributed by atoms with van der Waals surface area (Å²) < 4.78 is 38.0. The highest BCUT2D eigenvalue weighted by Crippen LogP contribution is 2.29. The van der Waals surface area contributed by atoms with E-state index >= 15 is 0 Å². The van der Waals surface area contributed by atoms with Crippen LogP contribution in [0.1, 0.15) is 37.9 Å². The lowest BCUT2D eigenvalue weighted by molar-refractivity contribution is -0.144. The number of anilines is 2. The Morgan fingerprint density at radius 3 is 2.32 bits per heavy atom. The van der Waals surface area contributed by atoms with Gasteiger partial charge in [0.1, 0.15) is 11.6 Å². The molecule has 0 atom stereocenters. The lowest BCUT2D eigenvalue weighted by Crippen LogP contribution is -2.24. The quantitative estimate of drug-likeness (QED) is 0.888. The predicted octanol–water partition coefficient (Wildman–Crippen LogP) is 3.28. The fourth-order valence-electron chi connectivity index (χ4n) is 2.23. The summed E-state index contributed by atoms with van der Waals surface area (Å²) in [4.78, 5) is 6.99. The fraction of sp³-hybridized carbons (Fsp3) is 0.667. The van der Waals surface area contributed by atoms with E-state index in [1.807, 2.05) is 0 Å². The van der Waals surface area contributed by atoms with Gasteiger partial charge in [0, 0.05) is 19.2 Å². The highest BCUT2D eigenvalue weighted by Gasteiger charge is 2.35. The molecule has 4 nitrogen and oxygen atoms in total. The molecule has 2 N–H and O–H groups in total. The molecular weight excluding hydrogens is 257 g/mol. The summed E-state index contributed by atoms with van der Waals surface area (Å²) in [6.07, 6.45) is 0.815. The summed E-state index contributed by atoms with van der Waals surface area (Å²) in [7, 11) is 1.53. The van der Waals surface area contributed by atoms with E-state index in [9.17, 15) is 13.2 Å². The van der Waals surface area contributed by atoms with Crippen molar-refractivity contribution in [3.05, 3.63) is 11.9 Å². The van der Waals surface area contributed by atoms with Crippen molar-refractivity contribution in [3.63, 3.8) is 0 Å². The molecule has 1 fully saturated rings. The highest BCUT2D eigenvalue weighted by molar-refractivity contribution is 5.48. The third-order valence-electron chi connectivity index (χ3n) is 3.19. The molecule has 0 radical (unpaired) electrons. The number of hydrogen-bond donors (Lipinski definition) is 2. The van der Waals surface area contributed by atoms with Gasteiger partial charge in [-0.2, -0.15) is 13.2 Å². The molecule has 0 unspecified atom stereocenters. The maximum absolute atomic E-state index is 12.7. The van der Waals surface area contributed by atoms with Crippen molar-refractivity contribution in [3.8, 4) is 0 Å². The number of nitrogens with zero attached hydrogens (tertiary/aromatic N) is 2. The first-order valence-electron chi connectivity index (χ1n) is 6.39. The van der Waals surface area contributed by atoms with Crippen LogP contribution in [0.2, 0.25) is 0 Å². The van der Waals surface area contributed by atoms with Gasteiger partial charge < -0.3 is 10.6 Å². The summed E-state index contributed by atoms with van der Waals surface area (Å²) in [6, 6.07) is 1.71. The first-order chi connectivity index (χ1) is 8.99. The van der Waals surface area contributed by atoms with E-state index in [-0.39, 0.29) is 17.7 Å². The van der Waals surface area contributed by atoms with Crippen LogP contribution in [0.25, 0.3) is 0 Å². The van der Waals surface area contributed by atoms with Gasteiger partial charge in [-0.1, -0.05) is 19.3 Å². The smallest absolute Gasteiger partial charge is 0.373 e. The summed E-state index contributed by atoms with van der Waals surface area (Å²) in [5, 5.41) is 5.70. The van der Waals surface area contributed by atoms with Crippen LogP contribution in [0.4, 0.5) is 24.8 Å². The molecule has 7 heteroatoms. The van der Waals surface area contributed by atoms with Gasteiger partial charge in [0.05, 0.1) is 0 Å². The zero-order chi connectivity index (χ0) is 13.9. The molecular formula is C12H17F3N4. The van der Waals surface area contributed by atoms with Crippen LogP contribution in [-0.2, 0) is 6.18 Å². The minimum absolute atomic E-state index is 0.167. The van der Waals surface area contributed by atoms with Crippen molar-refractivity contribution in [2.75, 3.05) is 17.7 Å². The topological polar surface area (TPSA) is 49.8 Å². The van der Waals surface area contributed by atoms with E-state index in [1.54, 1.807) is 0 Å². The van der Waals surface area contributed by atoms with Crippen molar-refractivity contribution >= 4 is 11.6 Å². The number of aromatic nitrogens is 2. The molecule has 19 heavy (non-hydrogen) atoms. The number of nitrogens with one attached hydrogen (secondary N) is 2. The van der Waals surface area contributed by atoms with Crippen LogP contribution >= 0.6 is 0 Å². The third-order valence-corrected chi connectivity index (χ3v) is 3.19. The summed E-state index contributed by atoms with van der Waals surface area (Å²) in [5.74, 6) is -0.711. The minimum atomic E-state index is -4.53. The summed E-state index contributed by atoms with van der Waals surface area (Å²) >= 11 is 0. The molecule has 0 amide bonds. The molecule has 0 aliphatic heterocycles. The highest BCUT2D eigenvalue weighted by atomic mass is 19.4. The van der Waals surface area contributed by atoms with Crippen LogP contribution in [0.15, 0.2) is 6.07 Å². The number of alkyl halides is 3. The molecule has 2 rings (SSSR count). The molecule has 0 aromatic carbocycles. The van der Waals surface area contributed by atoms with Crippen molar-refractivity contribution in [1.82, 2.24) is 9.97 Å². The molecule has 1 heterocycles. The van der Waals surface area contributed by atoms with Crippen LogP contribution < -0.4 is 10.6 Å². The van der Waals surface area contributed by atoms with E-state index < -0.39 is 12.0 Å². The van der Waals surface area contributed by atoms with Gasteiger partial charge in [-0.05, 0) is 12.8 Å². The number of hydrogen-bond acceptors (Lipinski definition) is 4. The molecule has 106 valence electrons. The van der Waals surface area contributed by atoms with Crippen LogP contribution in [0.5, 0.6) is 0 Å². The molecule has 1 aliphatic carbocycles. The Morgan fingerprint density at radius 2 is 1.74 bits per heavy atom. The lowest BCUT2D eigenvalue weighted by atomic mass is 9.95. The fourth-order valence-corrected chi connectivity index (χ4v) is 2.23. The van der Waals surface area contributed by atoms with Crippen LogP contribution in [0, 0.1) is 0 Å². The van der Waals surface area contributed by atoms with Gasteiger partial charge >= 0.3 is 6.18 Å². The molecule has 0 spiro atoms. The zero-order valence-corrected chi connectivity index (χ0v) is 10.7. The van der Waals surface area contributed by atoms with Gasteiger partial charge in [0.25, 0.3) is 0 Å². The van der Waals surface area contributed by atoms with Crippen LogP contribution in [0.3, 0.4) is 0 Å². The average molecular weight is 274 g/mol. The Kier molecular flexibility index (Phi) is 4.11. The molecule has 0 bridgehead atoms. The molecule has 1 aromatic rings. The maximum atomic E-state index is 12.7. The monoisotopic (exact) mass is 274 g/mol. The minimum Gasteiger partial charge on any atom is -0.373 e. The van der Waals surface area contributed by atoms with Crippen molar-refractivity contribution in [2.45, 2.75) is 44.3 Å². The second-order valence-electron chi connectivity index (χ2n) is 4.69. The first kappa shape index (κ1) is 13.9. The number of halogens is 3. The second kappa shape index (κ2) is 5.63. The van der Waals surface area contributed by atoms with Gasteiger partial charge in [-0.3, -0.25) is 0 Å². The van der Waals surface area contributed by atoms with Gasteiger partial charge in [0.15, 0.2) is 0 Å². The Labute approximate surface area is 109 Å². The SMILES string of the molecule is CNc1cc(NC2CCCCC2)nc(C(F)(F)F)n1. The number of rotatable bonds is 3. The Morgan fingerprint density at radius 1 is 1.11 bits per heavy atom. The second-order valence-corrected chi connectivity index (χ2v) is 4.69. The van der Waals surface area contributed by atoms with E-state index in [0.717, 1.165) is 25.7 Å². The third kappa shape index (κ3) is 3.71. The van der Waals surface area contributed by atoms with E-state index in [0.29, 0.717) is 0 Å². The van der Waals surface area contributed by atoms with Gasteiger partial charge in [-0.15, -0.1) is 0 Å². The van der Waals surface area contributed by atoms with Crippen molar-refractivity contribution in [1.29, 1.82) is 0 Å². The van der Waals surface area contributed by atoms with E-state index in [1.165, 1.54) is 19.5 Å². The van der Waals surface area contributed by atoms with E-state index in [4.69, 9.17) is 0 Å². The van der Waals surface area contributed by atoms with Crippen molar-refractivity contribution in [2.24, 2.45) is 0 Å². The molecule has 1 aliphatic rings. The van der Waals surface area contributed by atoms with Gasteiger partial charge in [-0.25, -0.2) is 9.97 Å². The average Bonchev–Trinajstić information content (AvgIpc) is 2.38. The van der Waals surface area contributed by atoms with Crippen LogP contribution in [-0.4, -0.2) is 23.1 Å². The Hall–Kier alpha value is -1.53. The standard InChI is InChI=1S/C12H17F3N4/c1-16-9-7-10(17-8-5-3-2-4-6-8)19-11(18-9)12(13,14)15/h7-8H,2-6H2,1H3,(H2,16,17,18,19). The first-order valence-corrected chi connectivity index (χ1v) is 6.39. The summed E-state index contributed by atoms with van der Waals surface area (Å²) in [5.41, 5.74) is 0.